The van der Waals surface area contributed by atoms with Gasteiger partial charge in [-0.2, -0.15) is 0 Å². The third kappa shape index (κ3) is 6.94. The van der Waals surface area contributed by atoms with Gasteiger partial charge in [0.25, 0.3) is 11.8 Å². The number of amides is 2. The van der Waals surface area contributed by atoms with E-state index >= 15 is 0 Å². The number of anilines is 1. The van der Waals surface area contributed by atoms with Gasteiger partial charge in [0.2, 0.25) is 0 Å². The summed E-state index contributed by atoms with van der Waals surface area (Å²) in [5, 5.41) is 2.96. The van der Waals surface area contributed by atoms with Crippen LogP contribution in [0.15, 0.2) is 77.3 Å². The van der Waals surface area contributed by atoms with E-state index in [4.69, 9.17) is 4.74 Å². The highest BCUT2D eigenvalue weighted by molar-refractivity contribution is 9.10. The van der Waals surface area contributed by atoms with Crippen LogP contribution in [0.25, 0.3) is 0 Å². The molecule has 34 heavy (non-hydrogen) atoms. The van der Waals surface area contributed by atoms with Crippen molar-refractivity contribution in [3.05, 3.63) is 94.0 Å². The molecule has 3 aromatic rings. The fourth-order valence-corrected chi connectivity index (χ4v) is 3.97. The number of halogens is 1. The first kappa shape index (κ1) is 25.5. The highest BCUT2D eigenvalue weighted by Crippen LogP contribution is 2.28. The molecule has 0 spiro atoms. The molecule has 0 saturated heterocycles. The molecule has 6 heteroatoms. The van der Waals surface area contributed by atoms with Crippen LogP contribution in [-0.4, -0.2) is 32.0 Å². The van der Waals surface area contributed by atoms with Crippen LogP contribution in [0.1, 0.15) is 46.5 Å². The van der Waals surface area contributed by atoms with Gasteiger partial charge in [-0.15, -0.1) is 0 Å². The average Bonchev–Trinajstić information content (AvgIpc) is 2.84. The molecule has 0 aliphatic heterocycles. The summed E-state index contributed by atoms with van der Waals surface area (Å²) in [6.07, 6.45) is 1.70. The summed E-state index contributed by atoms with van der Waals surface area (Å²) in [6, 6.07) is 22.4. The van der Waals surface area contributed by atoms with E-state index in [9.17, 15) is 9.59 Å². The average molecular weight is 523 g/mol. The van der Waals surface area contributed by atoms with Gasteiger partial charge in [0.1, 0.15) is 5.75 Å². The Morgan fingerprint density at radius 1 is 1.00 bits per heavy atom. The molecule has 0 saturated carbocycles. The van der Waals surface area contributed by atoms with Crippen molar-refractivity contribution in [2.45, 2.75) is 26.7 Å². The molecule has 0 aromatic heterocycles. The maximum Gasteiger partial charge on any atom is 0.258 e. The van der Waals surface area contributed by atoms with Crippen molar-refractivity contribution in [3.8, 4) is 5.75 Å². The first-order valence-corrected chi connectivity index (χ1v) is 12.3. The SMILES string of the molecule is CC(C)CCOc1ccc(C(=O)N(C)c2ccccc2C(=O)NCCc2ccccc2)cc1Br. The second kappa shape index (κ2) is 12.4. The number of benzene rings is 3. The van der Waals surface area contributed by atoms with Gasteiger partial charge in [0.05, 0.1) is 22.3 Å². The molecule has 3 aromatic carbocycles. The summed E-state index contributed by atoms with van der Waals surface area (Å²) in [7, 11) is 1.68. The number of nitrogens with one attached hydrogen (secondary N) is 1. The Kier molecular flexibility index (Phi) is 9.28. The normalized spacial score (nSPS) is 10.7. The third-order valence-electron chi connectivity index (χ3n) is 5.49. The molecular formula is C28H31BrN2O3. The first-order chi connectivity index (χ1) is 16.4. The number of carbonyl (C=O) groups excluding carboxylic acids is 2. The summed E-state index contributed by atoms with van der Waals surface area (Å²) >= 11 is 3.51. The van der Waals surface area contributed by atoms with Crippen LogP contribution < -0.4 is 15.0 Å². The van der Waals surface area contributed by atoms with Crippen LogP contribution in [-0.2, 0) is 6.42 Å². The van der Waals surface area contributed by atoms with Crippen molar-refractivity contribution >= 4 is 33.4 Å². The molecular weight excluding hydrogens is 492 g/mol. The zero-order chi connectivity index (χ0) is 24.5. The highest BCUT2D eigenvalue weighted by Gasteiger charge is 2.20. The Labute approximate surface area is 210 Å². The number of nitrogens with zero attached hydrogens (tertiary/aromatic N) is 1. The van der Waals surface area contributed by atoms with Crippen LogP contribution >= 0.6 is 15.9 Å². The number of hydrogen-bond donors (Lipinski definition) is 1. The summed E-state index contributed by atoms with van der Waals surface area (Å²) in [5.74, 6) is 0.849. The van der Waals surface area contributed by atoms with Crippen LogP contribution in [0, 0.1) is 5.92 Å². The second-order valence-corrected chi connectivity index (χ2v) is 9.40. The Morgan fingerprint density at radius 2 is 1.71 bits per heavy atom. The standard InChI is InChI=1S/C28H31BrN2O3/c1-20(2)16-18-34-26-14-13-22(19-24(26)29)28(33)31(3)25-12-8-7-11-23(25)27(32)30-17-15-21-9-5-4-6-10-21/h4-14,19-20H,15-18H2,1-3H3,(H,30,32). The van der Waals surface area contributed by atoms with Crippen molar-refractivity contribution in [3.63, 3.8) is 0 Å². The van der Waals surface area contributed by atoms with Crippen LogP contribution in [0.4, 0.5) is 5.69 Å². The fourth-order valence-electron chi connectivity index (χ4n) is 3.48. The van der Waals surface area contributed by atoms with Gasteiger partial charge < -0.3 is 15.0 Å². The van der Waals surface area contributed by atoms with E-state index in [2.05, 4.69) is 35.1 Å². The maximum absolute atomic E-state index is 13.2. The second-order valence-electron chi connectivity index (χ2n) is 8.55. The van der Waals surface area contributed by atoms with Crippen LogP contribution in [0.3, 0.4) is 0 Å². The van der Waals surface area contributed by atoms with Crippen molar-refractivity contribution < 1.29 is 14.3 Å². The lowest BCUT2D eigenvalue weighted by Gasteiger charge is -2.21. The molecule has 0 radical (unpaired) electrons. The molecule has 0 fully saturated rings. The van der Waals surface area contributed by atoms with E-state index in [1.54, 1.807) is 43.4 Å². The minimum absolute atomic E-state index is 0.207. The van der Waals surface area contributed by atoms with Gasteiger partial charge in [-0.05, 0) is 70.6 Å². The van der Waals surface area contributed by atoms with Gasteiger partial charge in [0.15, 0.2) is 0 Å². The van der Waals surface area contributed by atoms with Crippen molar-refractivity contribution in [1.82, 2.24) is 5.32 Å². The molecule has 2 amide bonds. The van der Waals surface area contributed by atoms with Gasteiger partial charge in [0, 0.05) is 19.2 Å². The summed E-state index contributed by atoms with van der Waals surface area (Å²) < 4.78 is 6.55. The molecule has 1 N–H and O–H groups in total. The fraction of sp³-hybridized carbons (Fsp3) is 0.286. The van der Waals surface area contributed by atoms with Crippen molar-refractivity contribution in [2.24, 2.45) is 5.92 Å². The highest BCUT2D eigenvalue weighted by atomic mass is 79.9. The molecule has 0 atom stereocenters. The zero-order valence-corrected chi connectivity index (χ0v) is 21.5. The summed E-state index contributed by atoms with van der Waals surface area (Å²) in [5.41, 5.74) is 2.67. The largest absolute Gasteiger partial charge is 0.492 e. The molecule has 0 aliphatic carbocycles. The zero-order valence-electron chi connectivity index (χ0n) is 19.9. The van der Waals surface area contributed by atoms with E-state index < -0.39 is 0 Å². The van der Waals surface area contributed by atoms with Crippen LogP contribution in [0.2, 0.25) is 0 Å². The Morgan fingerprint density at radius 3 is 2.41 bits per heavy atom. The van der Waals surface area contributed by atoms with E-state index in [0.29, 0.717) is 41.6 Å². The predicted octanol–water partition coefficient (Wildman–Crippen LogP) is 6.12. The summed E-state index contributed by atoms with van der Waals surface area (Å²) in [6.45, 7) is 5.44. The molecule has 0 aliphatic rings. The molecule has 3 rings (SSSR count). The lowest BCUT2D eigenvalue weighted by molar-refractivity contribution is 0.0954. The molecule has 5 nitrogen and oxygen atoms in total. The van der Waals surface area contributed by atoms with Gasteiger partial charge in [-0.3, -0.25) is 9.59 Å². The summed E-state index contributed by atoms with van der Waals surface area (Å²) in [4.78, 5) is 27.6. The molecule has 178 valence electrons. The van der Waals surface area contributed by atoms with E-state index in [1.807, 2.05) is 36.4 Å². The predicted molar refractivity (Wildman–Crippen MR) is 141 cm³/mol. The smallest absolute Gasteiger partial charge is 0.258 e. The number of ether oxygens (including phenoxy) is 1. The lowest BCUT2D eigenvalue weighted by Crippen LogP contribution is -2.31. The number of rotatable bonds is 10. The Bertz CT molecular complexity index is 1120. The molecule has 0 bridgehead atoms. The Balaban J connectivity index is 1.68. The van der Waals surface area contributed by atoms with Gasteiger partial charge in [-0.1, -0.05) is 56.3 Å². The maximum atomic E-state index is 13.2. The molecule has 0 unspecified atom stereocenters. The van der Waals surface area contributed by atoms with Gasteiger partial charge in [-0.25, -0.2) is 0 Å². The minimum atomic E-state index is -0.209. The van der Waals surface area contributed by atoms with Crippen molar-refractivity contribution in [1.29, 1.82) is 0 Å². The molecule has 0 heterocycles. The van der Waals surface area contributed by atoms with E-state index in [0.717, 1.165) is 22.9 Å². The topological polar surface area (TPSA) is 58.6 Å². The Hall–Kier alpha value is -3.12. The number of hydrogen-bond acceptors (Lipinski definition) is 3. The van der Waals surface area contributed by atoms with Gasteiger partial charge >= 0.3 is 0 Å². The van der Waals surface area contributed by atoms with Crippen molar-refractivity contribution in [2.75, 3.05) is 25.1 Å². The number of carbonyl (C=O) groups is 2. The van der Waals surface area contributed by atoms with E-state index in [-0.39, 0.29) is 11.8 Å². The van der Waals surface area contributed by atoms with Crippen LogP contribution in [0.5, 0.6) is 5.75 Å². The minimum Gasteiger partial charge on any atom is -0.492 e. The number of para-hydroxylation sites is 1. The van der Waals surface area contributed by atoms with E-state index in [1.165, 1.54) is 4.90 Å². The third-order valence-corrected chi connectivity index (χ3v) is 6.11. The quantitative estimate of drug-likeness (QED) is 0.348. The lowest BCUT2D eigenvalue weighted by atomic mass is 10.1. The first-order valence-electron chi connectivity index (χ1n) is 11.5. The monoisotopic (exact) mass is 522 g/mol.